The van der Waals surface area contributed by atoms with Crippen LogP contribution in [-0.2, 0) is 0 Å². The van der Waals surface area contributed by atoms with Crippen LogP contribution in [0.2, 0.25) is 0 Å². The number of nitrogens with one attached hydrogen (secondary N) is 2. The lowest BCUT2D eigenvalue weighted by Gasteiger charge is -2.20. The van der Waals surface area contributed by atoms with Crippen molar-refractivity contribution in [1.82, 2.24) is 25.1 Å². The van der Waals surface area contributed by atoms with E-state index in [4.69, 9.17) is 4.74 Å². The first-order valence-corrected chi connectivity index (χ1v) is 6.53. The molecule has 0 saturated heterocycles. The first-order chi connectivity index (χ1) is 9.19. The number of methoxy groups -OCH3 is 1. The van der Waals surface area contributed by atoms with Gasteiger partial charge in [0.1, 0.15) is 17.6 Å². The van der Waals surface area contributed by atoms with Crippen molar-refractivity contribution in [3.05, 3.63) is 30.1 Å². The minimum absolute atomic E-state index is 0.0557. The summed E-state index contributed by atoms with van der Waals surface area (Å²) in [5.74, 6) is 1.64. The number of rotatable bonds is 6. The average Bonchev–Trinajstić information content (AvgIpc) is 3.04. The Labute approximate surface area is 113 Å². The van der Waals surface area contributed by atoms with E-state index in [9.17, 15) is 0 Å². The van der Waals surface area contributed by atoms with E-state index in [2.05, 4.69) is 41.2 Å². The van der Waals surface area contributed by atoms with Crippen molar-refractivity contribution in [1.29, 1.82) is 0 Å². The molecule has 2 rings (SSSR count). The number of hydrogen-bond donors (Lipinski definition) is 2. The number of aromatic nitrogens is 4. The summed E-state index contributed by atoms with van der Waals surface area (Å²) in [6.07, 6.45) is 5.33. The second-order valence-corrected chi connectivity index (χ2v) is 4.60. The molecule has 2 heterocycles. The third-order valence-electron chi connectivity index (χ3n) is 2.98. The fourth-order valence-corrected chi connectivity index (χ4v) is 2.16. The number of ether oxygens (including phenoxy) is 1. The summed E-state index contributed by atoms with van der Waals surface area (Å²) in [6.45, 7) is 7.10. The van der Waals surface area contributed by atoms with Crippen molar-refractivity contribution >= 4 is 0 Å². The summed E-state index contributed by atoms with van der Waals surface area (Å²) in [4.78, 5) is 7.51. The Kier molecular flexibility index (Phi) is 4.21. The standard InChI is InChI=1S/C13H21N5O/c1-5-14-11(13-15-6-7-16-13)12-10(19-4)8-17-18(12)9(2)3/h6-9,11,14H,5H2,1-4H3,(H,15,16). The van der Waals surface area contributed by atoms with E-state index >= 15 is 0 Å². The number of aromatic amines is 1. The van der Waals surface area contributed by atoms with Crippen LogP contribution in [0.4, 0.5) is 0 Å². The maximum Gasteiger partial charge on any atom is 0.162 e. The van der Waals surface area contributed by atoms with Crippen LogP contribution in [0.3, 0.4) is 0 Å². The van der Waals surface area contributed by atoms with Crippen molar-refractivity contribution in [2.45, 2.75) is 32.9 Å². The van der Waals surface area contributed by atoms with Gasteiger partial charge in [-0.2, -0.15) is 5.10 Å². The Morgan fingerprint density at radius 1 is 1.47 bits per heavy atom. The molecular formula is C13H21N5O. The molecule has 0 aliphatic carbocycles. The molecule has 0 radical (unpaired) electrons. The Bertz CT molecular complexity index is 503. The summed E-state index contributed by atoms with van der Waals surface area (Å²) in [5, 5.41) is 7.83. The Hall–Kier alpha value is -1.82. The minimum atomic E-state index is -0.0557. The summed E-state index contributed by atoms with van der Waals surface area (Å²) in [5.41, 5.74) is 0.995. The summed E-state index contributed by atoms with van der Waals surface area (Å²) < 4.78 is 7.40. The maximum atomic E-state index is 5.44. The zero-order valence-electron chi connectivity index (χ0n) is 11.8. The molecule has 104 valence electrons. The molecule has 0 spiro atoms. The highest BCUT2D eigenvalue weighted by atomic mass is 16.5. The molecule has 2 aromatic rings. The van der Waals surface area contributed by atoms with Crippen LogP contribution in [0.15, 0.2) is 18.6 Å². The molecule has 2 N–H and O–H groups in total. The van der Waals surface area contributed by atoms with Gasteiger partial charge in [-0.15, -0.1) is 0 Å². The van der Waals surface area contributed by atoms with Gasteiger partial charge in [-0.25, -0.2) is 4.98 Å². The third kappa shape index (κ3) is 2.63. The van der Waals surface area contributed by atoms with E-state index in [0.29, 0.717) is 0 Å². The van der Waals surface area contributed by atoms with Crippen molar-refractivity contribution in [2.24, 2.45) is 0 Å². The highest BCUT2D eigenvalue weighted by molar-refractivity contribution is 5.32. The quantitative estimate of drug-likeness (QED) is 0.835. The topological polar surface area (TPSA) is 67.8 Å². The van der Waals surface area contributed by atoms with Crippen LogP contribution < -0.4 is 10.1 Å². The lowest BCUT2D eigenvalue weighted by molar-refractivity contribution is 0.392. The fourth-order valence-electron chi connectivity index (χ4n) is 2.16. The normalized spacial score (nSPS) is 12.9. The van der Waals surface area contributed by atoms with Crippen LogP contribution in [-0.4, -0.2) is 33.4 Å². The molecule has 1 atom stereocenters. The molecule has 0 fully saturated rings. The zero-order chi connectivity index (χ0) is 13.8. The van der Waals surface area contributed by atoms with Crippen molar-refractivity contribution in [3.8, 4) is 5.75 Å². The second kappa shape index (κ2) is 5.88. The Balaban J connectivity index is 2.49. The zero-order valence-corrected chi connectivity index (χ0v) is 11.8. The first-order valence-electron chi connectivity index (χ1n) is 6.53. The van der Waals surface area contributed by atoms with E-state index in [1.165, 1.54) is 0 Å². The molecule has 19 heavy (non-hydrogen) atoms. The summed E-state index contributed by atoms with van der Waals surface area (Å²) in [6, 6.07) is 0.204. The van der Waals surface area contributed by atoms with Gasteiger partial charge in [0, 0.05) is 18.4 Å². The van der Waals surface area contributed by atoms with Gasteiger partial charge in [0.2, 0.25) is 0 Å². The van der Waals surface area contributed by atoms with Crippen molar-refractivity contribution in [3.63, 3.8) is 0 Å². The molecule has 1 unspecified atom stereocenters. The van der Waals surface area contributed by atoms with Gasteiger partial charge in [0.25, 0.3) is 0 Å². The van der Waals surface area contributed by atoms with Crippen LogP contribution in [0.25, 0.3) is 0 Å². The second-order valence-electron chi connectivity index (χ2n) is 4.60. The van der Waals surface area contributed by atoms with Gasteiger partial charge in [0.15, 0.2) is 5.75 Å². The maximum absolute atomic E-state index is 5.44. The lowest BCUT2D eigenvalue weighted by atomic mass is 10.1. The third-order valence-corrected chi connectivity index (χ3v) is 2.98. The molecule has 2 aromatic heterocycles. The molecule has 0 aliphatic rings. The van der Waals surface area contributed by atoms with E-state index in [0.717, 1.165) is 23.8 Å². The summed E-state index contributed by atoms with van der Waals surface area (Å²) >= 11 is 0. The predicted molar refractivity (Wildman–Crippen MR) is 73.3 cm³/mol. The monoisotopic (exact) mass is 263 g/mol. The van der Waals surface area contributed by atoms with E-state index in [1.807, 2.05) is 10.9 Å². The predicted octanol–water partition coefficient (Wildman–Crippen LogP) is 1.89. The van der Waals surface area contributed by atoms with E-state index in [-0.39, 0.29) is 12.1 Å². The number of H-pyrrole nitrogens is 1. The van der Waals surface area contributed by atoms with Crippen molar-refractivity contribution in [2.75, 3.05) is 13.7 Å². The first kappa shape index (κ1) is 13.6. The number of hydrogen-bond acceptors (Lipinski definition) is 4. The molecule has 0 saturated carbocycles. The molecule has 0 aliphatic heterocycles. The van der Waals surface area contributed by atoms with Gasteiger partial charge >= 0.3 is 0 Å². The molecule has 6 heteroatoms. The van der Waals surface area contributed by atoms with E-state index in [1.54, 1.807) is 19.5 Å². The Morgan fingerprint density at radius 3 is 2.79 bits per heavy atom. The molecular weight excluding hydrogens is 242 g/mol. The smallest absolute Gasteiger partial charge is 0.162 e. The van der Waals surface area contributed by atoms with Crippen LogP contribution in [0.5, 0.6) is 5.75 Å². The van der Waals surface area contributed by atoms with E-state index < -0.39 is 0 Å². The van der Waals surface area contributed by atoms with Gasteiger partial charge in [0.05, 0.1) is 13.3 Å². The van der Waals surface area contributed by atoms with Crippen LogP contribution >= 0.6 is 0 Å². The molecule has 6 nitrogen and oxygen atoms in total. The van der Waals surface area contributed by atoms with Crippen LogP contribution in [0.1, 0.15) is 44.4 Å². The average molecular weight is 263 g/mol. The molecule has 0 aromatic carbocycles. The number of nitrogens with zero attached hydrogens (tertiary/aromatic N) is 3. The summed E-state index contributed by atoms with van der Waals surface area (Å²) in [7, 11) is 1.66. The fraction of sp³-hybridized carbons (Fsp3) is 0.538. The van der Waals surface area contributed by atoms with Gasteiger partial charge in [-0.3, -0.25) is 4.68 Å². The largest absolute Gasteiger partial charge is 0.493 e. The van der Waals surface area contributed by atoms with Crippen molar-refractivity contribution < 1.29 is 4.74 Å². The SMILES string of the molecule is CCNC(c1ncc[nH]1)c1c(OC)cnn1C(C)C. The van der Waals surface area contributed by atoms with Crippen LogP contribution in [0, 0.1) is 0 Å². The Morgan fingerprint density at radius 2 is 2.26 bits per heavy atom. The van der Waals surface area contributed by atoms with Gasteiger partial charge in [-0.05, 0) is 20.4 Å². The minimum Gasteiger partial charge on any atom is -0.493 e. The van der Waals surface area contributed by atoms with Gasteiger partial charge in [-0.1, -0.05) is 6.92 Å². The molecule has 0 bridgehead atoms. The number of imidazole rings is 1. The highest BCUT2D eigenvalue weighted by Crippen LogP contribution is 2.30. The van der Waals surface area contributed by atoms with Gasteiger partial charge < -0.3 is 15.0 Å². The lowest BCUT2D eigenvalue weighted by Crippen LogP contribution is -2.27. The molecule has 0 amide bonds. The highest BCUT2D eigenvalue weighted by Gasteiger charge is 2.25.